The van der Waals surface area contributed by atoms with Crippen molar-refractivity contribution in [1.82, 2.24) is 15.0 Å². The number of carbonyl (C=O) groups is 1. The molecule has 0 spiro atoms. The molecule has 0 atom stereocenters. The Hall–Kier alpha value is -2.72. The molecule has 9 nitrogen and oxygen atoms in total. The van der Waals surface area contributed by atoms with Crippen LogP contribution in [0.15, 0.2) is 48.9 Å². The quantitative estimate of drug-likeness (QED) is 0.384. The fourth-order valence-corrected chi connectivity index (χ4v) is 3.42. The summed E-state index contributed by atoms with van der Waals surface area (Å²) in [5.41, 5.74) is 9.78. The van der Waals surface area contributed by atoms with Gasteiger partial charge in [0.25, 0.3) is 5.91 Å². The van der Waals surface area contributed by atoms with Gasteiger partial charge in [0.15, 0.2) is 11.5 Å². The molecule has 3 aromatic rings. The summed E-state index contributed by atoms with van der Waals surface area (Å²) in [6.45, 7) is 7.11. The number of ether oxygens (including phenoxy) is 1. The zero-order chi connectivity index (χ0) is 22.5. The van der Waals surface area contributed by atoms with Crippen LogP contribution in [0.3, 0.4) is 0 Å². The molecule has 10 heteroatoms. The number of nitrogens with one attached hydrogen (secondary N) is 1. The first-order valence-corrected chi connectivity index (χ1v) is 10.2. The van der Waals surface area contributed by atoms with Gasteiger partial charge < -0.3 is 32.5 Å². The largest absolute Gasteiger partial charge is 1.00 e. The number of amides is 1. The van der Waals surface area contributed by atoms with E-state index >= 15 is 0 Å². The van der Waals surface area contributed by atoms with Gasteiger partial charge in [0, 0.05) is 30.5 Å². The Morgan fingerprint density at radius 1 is 1.18 bits per heavy atom. The second kappa shape index (κ2) is 11.4. The molecule has 1 aliphatic rings. The van der Waals surface area contributed by atoms with Gasteiger partial charge in [0.1, 0.15) is 0 Å². The molecule has 1 saturated heterocycles. The van der Waals surface area contributed by atoms with Crippen molar-refractivity contribution in [2.75, 3.05) is 53.7 Å². The molecule has 0 bridgehead atoms. The molecule has 166 valence electrons. The van der Waals surface area contributed by atoms with Crippen molar-refractivity contribution in [3.63, 3.8) is 0 Å². The summed E-state index contributed by atoms with van der Waals surface area (Å²) in [6, 6.07) is 9.47. The van der Waals surface area contributed by atoms with E-state index in [2.05, 4.69) is 39.1 Å². The molecule has 0 radical (unpaired) electrons. The number of morpholine rings is 1. The van der Waals surface area contributed by atoms with E-state index in [1.165, 1.54) is 0 Å². The molecule has 33 heavy (non-hydrogen) atoms. The number of rotatable bonds is 6. The number of nitrogens with two attached hydrogens (primary N) is 1. The summed E-state index contributed by atoms with van der Waals surface area (Å²) >= 11 is 0. The number of pyridine rings is 1. The van der Waals surface area contributed by atoms with Gasteiger partial charge in [-0.25, -0.2) is 9.97 Å². The summed E-state index contributed by atoms with van der Waals surface area (Å²) in [5.74, 6) is -0.391. The Kier molecular flexibility index (Phi) is 8.62. The van der Waals surface area contributed by atoms with E-state index < -0.39 is 5.91 Å². The van der Waals surface area contributed by atoms with Gasteiger partial charge in [-0.2, -0.15) is 0 Å². The van der Waals surface area contributed by atoms with E-state index in [9.17, 15) is 4.79 Å². The SMILES string of the molecule is [CH2-]CN([CH2-])c1ccc(-c2cnc(N)c(C(=O)Nc3cnccc3N3CCOCC3)n2)cc1.[Na+]. The van der Waals surface area contributed by atoms with Crippen molar-refractivity contribution in [2.45, 2.75) is 0 Å². The van der Waals surface area contributed by atoms with Crippen molar-refractivity contribution in [3.8, 4) is 11.3 Å². The zero-order valence-corrected chi connectivity index (χ0v) is 20.7. The molecule has 2 aromatic heterocycles. The van der Waals surface area contributed by atoms with Crippen molar-refractivity contribution in [2.24, 2.45) is 0 Å². The van der Waals surface area contributed by atoms with Crippen LogP contribution in [0.2, 0.25) is 0 Å². The van der Waals surface area contributed by atoms with Crippen molar-refractivity contribution < 1.29 is 39.1 Å². The Bertz CT molecular complexity index is 1090. The van der Waals surface area contributed by atoms with Crippen LogP contribution in [0.4, 0.5) is 22.9 Å². The molecule has 0 unspecified atom stereocenters. The normalized spacial score (nSPS) is 13.2. The molecule has 1 aromatic carbocycles. The Labute approximate surface area is 215 Å². The van der Waals surface area contributed by atoms with E-state index in [0.717, 1.165) is 30.0 Å². The fraction of sp³-hybridized carbons (Fsp3) is 0.217. The average Bonchev–Trinajstić information content (AvgIpc) is 2.85. The standard InChI is InChI=1S/C23H25N7O2.Na/c1-3-29(2)17-6-4-16(5-7-17)18-15-26-22(24)21(27-18)23(31)28-19-14-25-9-8-20(19)30-10-12-32-13-11-30;/h4-9,14-15H,1-3,10-13H2,(H2,24,26)(H,28,31);/q-2;+1. The third-order valence-electron chi connectivity index (χ3n) is 5.21. The number of hydrogen-bond acceptors (Lipinski definition) is 8. The smallest absolute Gasteiger partial charge is 0.550 e. The Morgan fingerprint density at radius 3 is 2.61 bits per heavy atom. The maximum absolute atomic E-state index is 13.0. The zero-order valence-electron chi connectivity index (χ0n) is 18.7. The number of hydrogen-bond donors (Lipinski definition) is 2. The van der Waals surface area contributed by atoms with Crippen LogP contribution in [0, 0.1) is 14.0 Å². The first kappa shape index (κ1) is 24.9. The first-order valence-electron chi connectivity index (χ1n) is 10.2. The molecular weight excluding hydrogens is 429 g/mol. The third-order valence-corrected chi connectivity index (χ3v) is 5.21. The van der Waals surface area contributed by atoms with E-state index in [4.69, 9.17) is 10.5 Å². The number of nitrogens with zero attached hydrogens (tertiary/aromatic N) is 5. The molecule has 1 amide bonds. The van der Waals surface area contributed by atoms with Crippen molar-refractivity contribution in [1.29, 1.82) is 0 Å². The number of anilines is 4. The van der Waals surface area contributed by atoms with Crippen LogP contribution in [-0.4, -0.2) is 53.7 Å². The first-order chi connectivity index (χ1) is 15.6. The van der Waals surface area contributed by atoms with Crippen LogP contribution >= 0.6 is 0 Å². The summed E-state index contributed by atoms with van der Waals surface area (Å²) in [7, 11) is 3.92. The average molecular weight is 454 g/mol. The topological polar surface area (TPSA) is 110 Å². The maximum Gasteiger partial charge on any atom is 1.00 e. The predicted octanol–water partition coefficient (Wildman–Crippen LogP) is -0.354. The molecule has 3 N–H and O–H groups in total. The second-order valence-electron chi connectivity index (χ2n) is 7.25. The van der Waals surface area contributed by atoms with E-state index in [-0.39, 0.29) is 41.1 Å². The van der Waals surface area contributed by atoms with Crippen LogP contribution in [0.5, 0.6) is 0 Å². The Balaban J connectivity index is 0.00000306. The van der Waals surface area contributed by atoms with Crippen molar-refractivity contribution >= 4 is 28.8 Å². The van der Waals surface area contributed by atoms with Gasteiger partial charge in [-0.15, -0.1) is 6.54 Å². The van der Waals surface area contributed by atoms with Gasteiger partial charge in [-0.05, 0) is 18.2 Å². The summed E-state index contributed by atoms with van der Waals surface area (Å²) < 4.78 is 5.42. The van der Waals surface area contributed by atoms with Gasteiger partial charge in [-0.1, -0.05) is 12.1 Å². The summed E-state index contributed by atoms with van der Waals surface area (Å²) in [6.07, 6.45) is 4.86. The van der Waals surface area contributed by atoms with Crippen LogP contribution in [0.1, 0.15) is 10.5 Å². The molecule has 1 fully saturated rings. The van der Waals surface area contributed by atoms with Crippen LogP contribution in [-0.2, 0) is 4.74 Å². The van der Waals surface area contributed by atoms with Gasteiger partial charge >= 0.3 is 29.6 Å². The Morgan fingerprint density at radius 2 is 1.91 bits per heavy atom. The molecule has 4 rings (SSSR count). The second-order valence-corrected chi connectivity index (χ2v) is 7.25. The number of benzene rings is 1. The number of nitrogen functional groups attached to an aromatic ring is 1. The predicted molar refractivity (Wildman–Crippen MR) is 125 cm³/mol. The van der Waals surface area contributed by atoms with E-state index in [0.29, 0.717) is 31.1 Å². The van der Waals surface area contributed by atoms with Crippen LogP contribution in [0.25, 0.3) is 11.3 Å². The summed E-state index contributed by atoms with van der Waals surface area (Å²) in [4.78, 5) is 29.8. The van der Waals surface area contributed by atoms with Gasteiger partial charge in [-0.3, -0.25) is 16.8 Å². The molecule has 1 aliphatic heterocycles. The minimum absolute atomic E-state index is 0. The fourth-order valence-electron chi connectivity index (χ4n) is 3.42. The van der Waals surface area contributed by atoms with Gasteiger partial charge in [0.05, 0.1) is 42.7 Å². The van der Waals surface area contributed by atoms with Gasteiger partial charge in [0.2, 0.25) is 0 Å². The minimum Gasteiger partial charge on any atom is -0.550 e. The monoisotopic (exact) mass is 454 g/mol. The molecule has 3 heterocycles. The van der Waals surface area contributed by atoms with Crippen LogP contribution < -0.4 is 50.4 Å². The molecular formula is C23H25N7NaO2-. The molecule has 0 saturated carbocycles. The number of aromatic nitrogens is 3. The molecule has 0 aliphatic carbocycles. The summed E-state index contributed by atoms with van der Waals surface area (Å²) in [5, 5.41) is 2.89. The third kappa shape index (κ3) is 5.80. The number of carbonyl (C=O) groups excluding carboxylic acids is 1. The van der Waals surface area contributed by atoms with Crippen molar-refractivity contribution in [3.05, 3.63) is 68.6 Å². The minimum atomic E-state index is -0.447. The van der Waals surface area contributed by atoms with E-state index in [1.807, 2.05) is 30.3 Å². The van der Waals surface area contributed by atoms with E-state index in [1.54, 1.807) is 23.5 Å². The maximum atomic E-state index is 13.0.